The van der Waals surface area contributed by atoms with Gasteiger partial charge in [-0.05, 0) is 49.9 Å². The van der Waals surface area contributed by atoms with Gasteiger partial charge >= 0.3 is 0 Å². The zero-order valence-corrected chi connectivity index (χ0v) is 15.0. The Labute approximate surface area is 143 Å². The van der Waals surface area contributed by atoms with Crippen LogP contribution in [0.4, 0.5) is 5.69 Å². The van der Waals surface area contributed by atoms with Gasteiger partial charge in [-0.1, -0.05) is 0 Å². The lowest BCUT2D eigenvalue weighted by Gasteiger charge is -2.28. The molecule has 1 atom stereocenters. The molecule has 0 bridgehead atoms. The number of sulfonamides is 2. The van der Waals surface area contributed by atoms with Crippen molar-refractivity contribution in [1.82, 2.24) is 4.72 Å². The summed E-state index contributed by atoms with van der Waals surface area (Å²) in [5, 5.41) is 0. The Kier molecular flexibility index (Phi) is 5.14. The summed E-state index contributed by atoms with van der Waals surface area (Å²) in [7, 11) is -6.92. The summed E-state index contributed by atoms with van der Waals surface area (Å²) < 4.78 is 58.1. The van der Waals surface area contributed by atoms with Crippen LogP contribution >= 0.6 is 0 Å². The van der Waals surface area contributed by atoms with Gasteiger partial charge in [-0.2, -0.15) is 0 Å². The first-order valence-corrected chi connectivity index (χ1v) is 11.2. The Hall–Kier alpha value is -1.16. The number of nitrogens with one attached hydrogen (secondary N) is 1. The van der Waals surface area contributed by atoms with Gasteiger partial charge in [-0.25, -0.2) is 21.6 Å². The molecule has 0 spiro atoms. The molecule has 0 aliphatic carbocycles. The fraction of sp³-hybridized carbons (Fsp3) is 0.600. The zero-order valence-electron chi connectivity index (χ0n) is 13.3. The first kappa shape index (κ1) is 17.7. The number of hydrogen-bond acceptors (Lipinski definition) is 5. The molecule has 7 nitrogen and oxygen atoms in total. The van der Waals surface area contributed by atoms with Crippen LogP contribution in [0.25, 0.3) is 0 Å². The number of anilines is 1. The smallest absolute Gasteiger partial charge is 0.240 e. The zero-order chi connectivity index (χ0) is 17.2. The van der Waals surface area contributed by atoms with Crippen molar-refractivity contribution in [1.29, 1.82) is 0 Å². The van der Waals surface area contributed by atoms with Gasteiger partial charge in [-0.3, -0.25) is 4.31 Å². The van der Waals surface area contributed by atoms with Gasteiger partial charge in [-0.15, -0.1) is 0 Å². The van der Waals surface area contributed by atoms with Crippen molar-refractivity contribution in [3.63, 3.8) is 0 Å². The predicted octanol–water partition coefficient (Wildman–Crippen LogP) is 1.07. The summed E-state index contributed by atoms with van der Waals surface area (Å²) in [5.41, 5.74) is 0.507. The fourth-order valence-electron chi connectivity index (χ4n) is 2.96. The maximum absolute atomic E-state index is 12.3. The molecule has 2 aliphatic rings. The van der Waals surface area contributed by atoms with Crippen LogP contribution in [0, 0.1) is 0 Å². The highest BCUT2D eigenvalue weighted by Crippen LogP contribution is 2.24. The minimum Gasteiger partial charge on any atom is -0.377 e. The summed E-state index contributed by atoms with van der Waals surface area (Å²) in [6, 6.07) is 5.97. The number of ether oxygens (including phenoxy) is 1. The lowest BCUT2D eigenvalue weighted by atomic mass is 10.2. The topological polar surface area (TPSA) is 92.8 Å². The van der Waals surface area contributed by atoms with Crippen molar-refractivity contribution in [3.05, 3.63) is 24.3 Å². The Morgan fingerprint density at radius 3 is 2.54 bits per heavy atom. The molecule has 134 valence electrons. The molecular weight excluding hydrogens is 352 g/mol. The molecule has 1 N–H and O–H groups in total. The largest absolute Gasteiger partial charge is 0.377 e. The molecule has 1 aromatic rings. The van der Waals surface area contributed by atoms with Crippen molar-refractivity contribution in [3.8, 4) is 0 Å². The lowest BCUT2D eigenvalue weighted by molar-refractivity contribution is 0.114. The summed E-state index contributed by atoms with van der Waals surface area (Å²) in [4.78, 5) is 0.124. The van der Waals surface area contributed by atoms with Crippen LogP contribution in [-0.4, -0.2) is 48.4 Å². The van der Waals surface area contributed by atoms with Gasteiger partial charge in [0.05, 0.1) is 22.4 Å². The second-order valence-electron chi connectivity index (χ2n) is 6.08. The molecule has 0 radical (unpaired) electrons. The molecule has 1 aromatic carbocycles. The van der Waals surface area contributed by atoms with Crippen LogP contribution in [-0.2, 0) is 24.8 Å². The van der Waals surface area contributed by atoms with Crippen molar-refractivity contribution < 1.29 is 21.6 Å². The third kappa shape index (κ3) is 3.90. The molecule has 3 rings (SSSR count). The minimum atomic E-state index is -3.62. The Morgan fingerprint density at radius 2 is 1.92 bits per heavy atom. The predicted molar refractivity (Wildman–Crippen MR) is 91.0 cm³/mol. The minimum absolute atomic E-state index is 0.0717. The third-order valence-electron chi connectivity index (χ3n) is 4.31. The van der Waals surface area contributed by atoms with Gasteiger partial charge in [0.1, 0.15) is 0 Å². The molecule has 0 saturated carbocycles. The maximum Gasteiger partial charge on any atom is 0.240 e. The number of rotatable bonds is 5. The van der Waals surface area contributed by atoms with Crippen LogP contribution in [0.2, 0.25) is 0 Å². The number of hydrogen-bond donors (Lipinski definition) is 1. The highest BCUT2D eigenvalue weighted by molar-refractivity contribution is 7.92. The van der Waals surface area contributed by atoms with E-state index in [4.69, 9.17) is 4.74 Å². The highest BCUT2D eigenvalue weighted by Gasteiger charge is 2.26. The summed E-state index contributed by atoms with van der Waals surface area (Å²) in [6.07, 6.45) is 3.21. The molecule has 24 heavy (non-hydrogen) atoms. The van der Waals surface area contributed by atoms with E-state index in [9.17, 15) is 16.8 Å². The van der Waals surface area contributed by atoms with Gasteiger partial charge < -0.3 is 4.74 Å². The average Bonchev–Trinajstić information content (AvgIpc) is 3.06. The fourth-order valence-corrected chi connectivity index (χ4v) is 5.67. The quantitative estimate of drug-likeness (QED) is 0.832. The molecule has 0 unspecified atom stereocenters. The number of benzene rings is 1. The Bertz CT molecular complexity index is 769. The standard InChI is InChI=1S/C15H22N2O5S2/c18-23(19)11-2-1-9-17(23)13-5-7-15(8-6-13)24(20,21)16-12-14-4-3-10-22-14/h5-8,14,16H,1-4,9-12H2/t14-/m1/s1. The molecule has 2 fully saturated rings. The summed E-state index contributed by atoms with van der Waals surface area (Å²) in [5.74, 6) is 0.135. The van der Waals surface area contributed by atoms with Gasteiger partial charge in [0, 0.05) is 19.7 Å². The van der Waals surface area contributed by atoms with Crippen LogP contribution in [0.3, 0.4) is 0 Å². The molecule has 2 saturated heterocycles. The second-order valence-corrected chi connectivity index (χ2v) is 9.86. The SMILES string of the molecule is O=S(=O)(NC[C@H]1CCCO1)c1ccc(N2CCCCS2(=O)=O)cc1. The summed E-state index contributed by atoms with van der Waals surface area (Å²) >= 11 is 0. The average molecular weight is 374 g/mol. The van der Waals surface area contributed by atoms with E-state index < -0.39 is 20.0 Å². The first-order valence-electron chi connectivity index (χ1n) is 8.10. The maximum atomic E-state index is 12.3. The van der Waals surface area contributed by atoms with E-state index in [-0.39, 0.29) is 23.3 Å². The van der Waals surface area contributed by atoms with Crippen molar-refractivity contribution in [2.75, 3.05) is 29.8 Å². The molecule has 2 aliphatic heterocycles. The van der Waals surface area contributed by atoms with Gasteiger partial charge in [0.2, 0.25) is 20.0 Å². The van der Waals surface area contributed by atoms with Crippen molar-refractivity contribution in [2.24, 2.45) is 0 Å². The molecular formula is C15H22N2O5S2. The summed E-state index contributed by atoms with van der Waals surface area (Å²) in [6.45, 7) is 1.36. The molecule has 0 amide bonds. The molecule has 9 heteroatoms. The second kappa shape index (κ2) is 6.99. The first-order chi connectivity index (χ1) is 11.4. The van der Waals surface area contributed by atoms with Crippen molar-refractivity contribution in [2.45, 2.75) is 36.7 Å². The third-order valence-corrected chi connectivity index (χ3v) is 7.62. The van der Waals surface area contributed by atoms with Crippen LogP contribution in [0.1, 0.15) is 25.7 Å². The Balaban J connectivity index is 1.71. The van der Waals surface area contributed by atoms with Crippen LogP contribution in [0.15, 0.2) is 29.2 Å². The molecule has 2 heterocycles. The van der Waals surface area contributed by atoms with Crippen LogP contribution < -0.4 is 9.03 Å². The van der Waals surface area contributed by atoms with Crippen molar-refractivity contribution >= 4 is 25.7 Å². The van der Waals surface area contributed by atoms with E-state index in [2.05, 4.69) is 4.72 Å². The van der Waals surface area contributed by atoms with E-state index in [0.29, 0.717) is 25.3 Å². The van der Waals surface area contributed by atoms with Crippen LogP contribution in [0.5, 0.6) is 0 Å². The van der Waals surface area contributed by atoms with Gasteiger partial charge in [0.15, 0.2) is 0 Å². The monoisotopic (exact) mass is 374 g/mol. The molecule has 0 aromatic heterocycles. The van der Waals surface area contributed by atoms with E-state index in [0.717, 1.165) is 19.3 Å². The Morgan fingerprint density at radius 1 is 1.17 bits per heavy atom. The van der Waals surface area contributed by atoms with Gasteiger partial charge in [0.25, 0.3) is 0 Å². The van der Waals surface area contributed by atoms with E-state index in [1.54, 1.807) is 12.1 Å². The van der Waals surface area contributed by atoms with E-state index >= 15 is 0 Å². The normalized spacial score (nSPS) is 24.2. The highest BCUT2D eigenvalue weighted by atomic mass is 32.2. The number of nitrogens with zero attached hydrogens (tertiary/aromatic N) is 1. The van der Waals surface area contributed by atoms with E-state index in [1.165, 1.54) is 16.4 Å². The lowest BCUT2D eigenvalue weighted by Crippen LogP contribution is -2.37. The van der Waals surface area contributed by atoms with E-state index in [1.807, 2.05) is 0 Å².